The molecule has 0 aromatic carbocycles. The first-order valence-electron chi connectivity index (χ1n) is 5.28. The quantitative estimate of drug-likeness (QED) is 0.773. The number of anilines is 1. The SMILES string of the molecule is Cc1cc(NC(CO)CC(C)C)ncn1. The maximum absolute atomic E-state index is 9.20. The van der Waals surface area contributed by atoms with Crippen molar-refractivity contribution in [1.29, 1.82) is 0 Å². The molecule has 1 heterocycles. The van der Waals surface area contributed by atoms with Crippen molar-refractivity contribution >= 4 is 5.82 Å². The van der Waals surface area contributed by atoms with E-state index >= 15 is 0 Å². The molecule has 0 bridgehead atoms. The minimum absolute atomic E-state index is 0.0688. The van der Waals surface area contributed by atoms with E-state index in [4.69, 9.17) is 0 Å². The monoisotopic (exact) mass is 209 g/mol. The molecule has 1 aromatic rings. The molecule has 1 aromatic heterocycles. The highest BCUT2D eigenvalue weighted by molar-refractivity contribution is 5.35. The third-order valence-corrected chi connectivity index (χ3v) is 2.13. The van der Waals surface area contributed by atoms with Crippen molar-refractivity contribution in [3.8, 4) is 0 Å². The first kappa shape index (κ1) is 11.9. The fourth-order valence-electron chi connectivity index (χ4n) is 1.49. The zero-order valence-corrected chi connectivity index (χ0v) is 9.57. The molecule has 1 atom stereocenters. The number of aliphatic hydroxyl groups excluding tert-OH is 1. The van der Waals surface area contributed by atoms with Crippen LogP contribution in [0.3, 0.4) is 0 Å². The highest BCUT2D eigenvalue weighted by atomic mass is 16.3. The topological polar surface area (TPSA) is 58.0 Å². The minimum atomic E-state index is 0.0688. The maximum atomic E-state index is 9.20. The van der Waals surface area contributed by atoms with E-state index in [1.165, 1.54) is 6.33 Å². The molecule has 0 saturated heterocycles. The van der Waals surface area contributed by atoms with Crippen molar-refractivity contribution in [3.05, 3.63) is 18.1 Å². The molecule has 1 rings (SSSR count). The Labute approximate surface area is 90.8 Å². The van der Waals surface area contributed by atoms with Crippen LogP contribution in [0, 0.1) is 12.8 Å². The summed E-state index contributed by atoms with van der Waals surface area (Å²) in [6, 6.07) is 1.95. The van der Waals surface area contributed by atoms with E-state index in [0.29, 0.717) is 5.92 Å². The fraction of sp³-hybridized carbons (Fsp3) is 0.636. The summed E-state index contributed by atoms with van der Waals surface area (Å²) < 4.78 is 0. The van der Waals surface area contributed by atoms with Gasteiger partial charge >= 0.3 is 0 Å². The van der Waals surface area contributed by atoms with Crippen LogP contribution in [0.2, 0.25) is 0 Å². The number of hydrogen-bond acceptors (Lipinski definition) is 4. The molecule has 0 saturated carbocycles. The Hall–Kier alpha value is -1.16. The van der Waals surface area contributed by atoms with E-state index in [1.807, 2.05) is 13.0 Å². The van der Waals surface area contributed by atoms with Crippen molar-refractivity contribution in [3.63, 3.8) is 0 Å². The average Bonchev–Trinajstić information content (AvgIpc) is 2.16. The fourth-order valence-corrected chi connectivity index (χ4v) is 1.49. The second kappa shape index (κ2) is 5.66. The van der Waals surface area contributed by atoms with E-state index in [0.717, 1.165) is 17.9 Å². The summed E-state index contributed by atoms with van der Waals surface area (Å²) in [4.78, 5) is 8.12. The predicted molar refractivity (Wildman–Crippen MR) is 60.7 cm³/mol. The van der Waals surface area contributed by atoms with Gasteiger partial charge in [-0.25, -0.2) is 9.97 Å². The zero-order valence-electron chi connectivity index (χ0n) is 9.57. The van der Waals surface area contributed by atoms with Crippen LogP contribution in [0.4, 0.5) is 5.82 Å². The molecule has 15 heavy (non-hydrogen) atoms. The average molecular weight is 209 g/mol. The maximum Gasteiger partial charge on any atom is 0.129 e. The van der Waals surface area contributed by atoms with Crippen LogP contribution in [0.25, 0.3) is 0 Å². The van der Waals surface area contributed by atoms with Gasteiger partial charge in [-0.2, -0.15) is 0 Å². The second-order valence-electron chi connectivity index (χ2n) is 4.20. The molecule has 0 aliphatic rings. The van der Waals surface area contributed by atoms with Crippen molar-refractivity contribution in [2.45, 2.75) is 33.2 Å². The lowest BCUT2D eigenvalue weighted by Crippen LogP contribution is -2.26. The van der Waals surface area contributed by atoms with Gasteiger partial charge in [0.15, 0.2) is 0 Å². The third kappa shape index (κ3) is 4.25. The van der Waals surface area contributed by atoms with Gasteiger partial charge in [-0.15, -0.1) is 0 Å². The summed E-state index contributed by atoms with van der Waals surface area (Å²) in [5, 5.41) is 12.4. The molecule has 0 aliphatic carbocycles. The highest BCUT2D eigenvalue weighted by Gasteiger charge is 2.09. The third-order valence-electron chi connectivity index (χ3n) is 2.13. The summed E-state index contributed by atoms with van der Waals surface area (Å²) in [5.41, 5.74) is 0.925. The number of aryl methyl sites for hydroxylation is 1. The minimum Gasteiger partial charge on any atom is -0.394 e. The lowest BCUT2D eigenvalue weighted by atomic mass is 10.0. The predicted octanol–water partition coefficient (Wildman–Crippen LogP) is 1.60. The molecule has 4 heteroatoms. The first-order valence-corrected chi connectivity index (χ1v) is 5.28. The molecule has 4 nitrogen and oxygen atoms in total. The number of hydrogen-bond donors (Lipinski definition) is 2. The van der Waals surface area contributed by atoms with Crippen LogP contribution in [-0.2, 0) is 0 Å². The number of rotatable bonds is 5. The molecule has 0 spiro atoms. The van der Waals surface area contributed by atoms with Gasteiger partial charge in [-0.1, -0.05) is 13.8 Å². The Morgan fingerprint density at radius 1 is 1.40 bits per heavy atom. The molecule has 84 valence electrons. The van der Waals surface area contributed by atoms with Gasteiger partial charge in [0.2, 0.25) is 0 Å². The van der Waals surface area contributed by atoms with Crippen molar-refractivity contribution in [1.82, 2.24) is 9.97 Å². The standard InChI is InChI=1S/C11H19N3O/c1-8(2)4-10(6-15)14-11-5-9(3)12-7-13-11/h5,7-8,10,15H,4,6H2,1-3H3,(H,12,13,14). The number of nitrogens with one attached hydrogen (secondary N) is 1. The van der Waals surface area contributed by atoms with Crippen LogP contribution in [-0.4, -0.2) is 27.7 Å². The van der Waals surface area contributed by atoms with Gasteiger partial charge < -0.3 is 10.4 Å². The largest absolute Gasteiger partial charge is 0.394 e. The van der Waals surface area contributed by atoms with Gasteiger partial charge in [-0.05, 0) is 19.3 Å². The number of aromatic nitrogens is 2. The molecular weight excluding hydrogens is 190 g/mol. The number of aliphatic hydroxyl groups is 1. The summed E-state index contributed by atoms with van der Waals surface area (Å²) in [6.07, 6.45) is 2.46. The molecule has 0 amide bonds. The van der Waals surface area contributed by atoms with Crippen LogP contribution < -0.4 is 5.32 Å². The molecule has 0 fully saturated rings. The molecule has 0 radical (unpaired) electrons. The summed E-state index contributed by atoms with van der Waals surface area (Å²) in [5.74, 6) is 1.33. The Morgan fingerprint density at radius 3 is 2.67 bits per heavy atom. The van der Waals surface area contributed by atoms with E-state index in [1.54, 1.807) is 0 Å². The Kier molecular flexibility index (Phi) is 4.49. The Morgan fingerprint density at radius 2 is 2.13 bits per heavy atom. The van der Waals surface area contributed by atoms with Crippen molar-refractivity contribution < 1.29 is 5.11 Å². The Balaban J connectivity index is 2.58. The van der Waals surface area contributed by atoms with Crippen LogP contribution in [0.1, 0.15) is 26.0 Å². The lowest BCUT2D eigenvalue weighted by molar-refractivity contribution is 0.259. The molecule has 0 aliphatic heterocycles. The van der Waals surface area contributed by atoms with Crippen molar-refractivity contribution in [2.24, 2.45) is 5.92 Å². The zero-order chi connectivity index (χ0) is 11.3. The smallest absolute Gasteiger partial charge is 0.129 e. The number of nitrogens with zero attached hydrogens (tertiary/aromatic N) is 2. The van der Waals surface area contributed by atoms with Gasteiger partial charge in [0.05, 0.1) is 12.6 Å². The van der Waals surface area contributed by atoms with E-state index in [2.05, 4.69) is 29.1 Å². The summed E-state index contributed by atoms with van der Waals surface area (Å²) in [6.45, 7) is 6.32. The molecule has 2 N–H and O–H groups in total. The van der Waals surface area contributed by atoms with E-state index in [9.17, 15) is 5.11 Å². The van der Waals surface area contributed by atoms with Crippen LogP contribution in [0.15, 0.2) is 12.4 Å². The van der Waals surface area contributed by atoms with E-state index in [-0.39, 0.29) is 12.6 Å². The van der Waals surface area contributed by atoms with Crippen LogP contribution in [0.5, 0.6) is 0 Å². The van der Waals surface area contributed by atoms with Crippen molar-refractivity contribution in [2.75, 3.05) is 11.9 Å². The van der Waals surface area contributed by atoms with E-state index < -0.39 is 0 Å². The molecular formula is C11H19N3O. The van der Waals surface area contributed by atoms with Gasteiger partial charge in [0.1, 0.15) is 12.1 Å². The van der Waals surface area contributed by atoms with Gasteiger partial charge in [0.25, 0.3) is 0 Å². The highest BCUT2D eigenvalue weighted by Crippen LogP contribution is 2.10. The second-order valence-corrected chi connectivity index (χ2v) is 4.20. The molecule has 1 unspecified atom stereocenters. The normalized spacial score (nSPS) is 12.9. The summed E-state index contributed by atoms with van der Waals surface area (Å²) in [7, 11) is 0. The first-order chi connectivity index (χ1) is 7.11. The lowest BCUT2D eigenvalue weighted by Gasteiger charge is -2.18. The Bertz CT molecular complexity index is 302. The summed E-state index contributed by atoms with van der Waals surface area (Å²) >= 11 is 0. The van der Waals surface area contributed by atoms with Gasteiger partial charge in [-0.3, -0.25) is 0 Å². The van der Waals surface area contributed by atoms with Gasteiger partial charge in [0, 0.05) is 11.8 Å². The van der Waals surface area contributed by atoms with Crippen LogP contribution >= 0.6 is 0 Å².